The number of halogens is 2. The second kappa shape index (κ2) is 7.31. The summed E-state index contributed by atoms with van der Waals surface area (Å²) in [6.07, 6.45) is 2.94. The molecule has 0 spiro atoms. The van der Waals surface area contributed by atoms with E-state index in [0.717, 1.165) is 0 Å². The molecule has 6 heteroatoms. The van der Waals surface area contributed by atoms with Gasteiger partial charge in [0.1, 0.15) is 0 Å². The molecule has 0 saturated heterocycles. The van der Waals surface area contributed by atoms with E-state index in [2.05, 4.69) is 0 Å². The Hall–Kier alpha value is -1.52. The summed E-state index contributed by atoms with van der Waals surface area (Å²) in [5.74, 6) is -1.83. The van der Waals surface area contributed by atoms with E-state index >= 15 is 0 Å². The molecule has 20 heavy (non-hydrogen) atoms. The van der Waals surface area contributed by atoms with Crippen LogP contribution < -0.4 is 0 Å². The SMILES string of the molecule is CC(CN(C)C(=O)C=Cc1cc(Cl)cc(Cl)c1)C(=O)O. The molecule has 1 rings (SSSR count). The van der Waals surface area contributed by atoms with Crippen LogP contribution in [0.15, 0.2) is 24.3 Å². The molecular weight excluding hydrogens is 301 g/mol. The molecule has 0 saturated carbocycles. The van der Waals surface area contributed by atoms with Crippen LogP contribution in [0.2, 0.25) is 10.0 Å². The monoisotopic (exact) mass is 315 g/mol. The van der Waals surface area contributed by atoms with Crippen molar-refractivity contribution in [2.75, 3.05) is 13.6 Å². The highest BCUT2D eigenvalue weighted by Crippen LogP contribution is 2.19. The number of rotatable bonds is 5. The van der Waals surface area contributed by atoms with Crippen LogP contribution in [0.25, 0.3) is 6.08 Å². The maximum atomic E-state index is 11.8. The number of hydrogen-bond acceptors (Lipinski definition) is 2. The van der Waals surface area contributed by atoms with Crippen LogP contribution in [0.5, 0.6) is 0 Å². The Kier molecular flexibility index (Phi) is 6.05. The first-order valence-electron chi connectivity index (χ1n) is 5.91. The van der Waals surface area contributed by atoms with Crippen molar-refractivity contribution in [3.05, 3.63) is 39.9 Å². The zero-order valence-electron chi connectivity index (χ0n) is 11.1. The average Bonchev–Trinajstić information content (AvgIpc) is 2.34. The van der Waals surface area contributed by atoms with Gasteiger partial charge in [-0.2, -0.15) is 0 Å². The van der Waals surface area contributed by atoms with E-state index in [0.29, 0.717) is 15.6 Å². The van der Waals surface area contributed by atoms with E-state index in [-0.39, 0.29) is 12.5 Å². The molecule has 0 fully saturated rings. The predicted molar refractivity (Wildman–Crippen MR) is 79.9 cm³/mol. The fraction of sp³-hybridized carbons (Fsp3) is 0.286. The lowest BCUT2D eigenvalue weighted by Crippen LogP contribution is -2.32. The molecule has 0 bridgehead atoms. The van der Waals surface area contributed by atoms with Gasteiger partial charge in [0.15, 0.2) is 0 Å². The molecule has 0 aromatic heterocycles. The molecule has 0 aliphatic rings. The number of benzene rings is 1. The largest absolute Gasteiger partial charge is 0.481 e. The van der Waals surface area contributed by atoms with Gasteiger partial charge in [0, 0.05) is 29.7 Å². The van der Waals surface area contributed by atoms with Crippen molar-refractivity contribution in [3.8, 4) is 0 Å². The van der Waals surface area contributed by atoms with Gasteiger partial charge in [-0.15, -0.1) is 0 Å². The maximum absolute atomic E-state index is 11.8. The van der Waals surface area contributed by atoms with E-state index in [1.807, 2.05) is 0 Å². The summed E-state index contributed by atoms with van der Waals surface area (Å²) in [4.78, 5) is 23.9. The fourth-order valence-electron chi connectivity index (χ4n) is 1.55. The molecule has 0 heterocycles. The minimum Gasteiger partial charge on any atom is -0.481 e. The van der Waals surface area contributed by atoms with Gasteiger partial charge in [-0.3, -0.25) is 9.59 Å². The van der Waals surface area contributed by atoms with Gasteiger partial charge in [0.2, 0.25) is 5.91 Å². The Bertz CT molecular complexity index is 523. The summed E-state index contributed by atoms with van der Waals surface area (Å²) < 4.78 is 0. The molecule has 1 N–H and O–H groups in total. The minimum atomic E-state index is -0.935. The third-order valence-corrected chi connectivity index (χ3v) is 3.09. The van der Waals surface area contributed by atoms with Crippen molar-refractivity contribution in [1.82, 2.24) is 4.90 Å². The van der Waals surface area contributed by atoms with Crippen LogP contribution in [0.3, 0.4) is 0 Å². The second-order valence-electron chi connectivity index (χ2n) is 4.49. The first-order chi connectivity index (χ1) is 9.29. The summed E-state index contributed by atoms with van der Waals surface area (Å²) in [6, 6.07) is 4.96. The summed E-state index contributed by atoms with van der Waals surface area (Å²) in [7, 11) is 1.55. The average molecular weight is 316 g/mol. The van der Waals surface area contributed by atoms with Crippen molar-refractivity contribution in [2.24, 2.45) is 5.92 Å². The second-order valence-corrected chi connectivity index (χ2v) is 5.37. The van der Waals surface area contributed by atoms with Crippen molar-refractivity contribution in [1.29, 1.82) is 0 Å². The Labute approximate surface area is 127 Å². The van der Waals surface area contributed by atoms with Crippen molar-refractivity contribution in [2.45, 2.75) is 6.92 Å². The highest BCUT2D eigenvalue weighted by atomic mass is 35.5. The molecule has 4 nitrogen and oxygen atoms in total. The molecular formula is C14H15Cl2NO3. The van der Waals surface area contributed by atoms with Crippen molar-refractivity contribution >= 4 is 41.2 Å². The van der Waals surface area contributed by atoms with E-state index < -0.39 is 11.9 Å². The van der Waals surface area contributed by atoms with Crippen LogP contribution in [0, 0.1) is 5.92 Å². The smallest absolute Gasteiger partial charge is 0.308 e. The molecule has 1 atom stereocenters. The predicted octanol–water partition coefficient (Wildman–Crippen LogP) is 3.19. The van der Waals surface area contributed by atoms with Gasteiger partial charge in [-0.25, -0.2) is 0 Å². The lowest BCUT2D eigenvalue weighted by Gasteiger charge is -2.17. The van der Waals surface area contributed by atoms with Crippen molar-refractivity contribution < 1.29 is 14.7 Å². The lowest BCUT2D eigenvalue weighted by atomic mass is 10.1. The number of carbonyl (C=O) groups is 2. The number of likely N-dealkylation sites (N-methyl/N-ethyl adjacent to an activating group) is 1. The normalized spacial score (nSPS) is 12.4. The summed E-state index contributed by atoms with van der Waals surface area (Å²) in [6.45, 7) is 1.70. The molecule has 1 amide bonds. The standard InChI is InChI=1S/C14H15Cl2NO3/c1-9(14(19)20)8-17(2)13(18)4-3-10-5-11(15)7-12(16)6-10/h3-7,9H,8H2,1-2H3,(H,19,20). The van der Waals surface area contributed by atoms with Gasteiger partial charge in [-0.05, 0) is 29.8 Å². The van der Waals surface area contributed by atoms with Crippen LogP contribution in [-0.2, 0) is 9.59 Å². The first-order valence-corrected chi connectivity index (χ1v) is 6.67. The molecule has 108 valence electrons. The molecule has 0 aliphatic heterocycles. The van der Waals surface area contributed by atoms with E-state index in [1.165, 1.54) is 11.0 Å². The first kappa shape index (κ1) is 16.5. The zero-order chi connectivity index (χ0) is 15.3. The lowest BCUT2D eigenvalue weighted by molar-refractivity contribution is -0.142. The number of carbonyl (C=O) groups excluding carboxylic acids is 1. The van der Waals surface area contributed by atoms with Gasteiger partial charge in [0.25, 0.3) is 0 Å². The molecule has 1 aromatic rings. The third kappa shape index (κ3) is 5.23. The number of carboxylic acid groups (broad SMARTS) is 1. The van der Waals surface area contributed by atoms with E-state index in [4.69, 9.17) is 28.3 Å². The highest BCUT2D eigenvalue weighted by molar-refractivity contribution is 6.34. The Morgan fingerprint density at radius 1 is 1.30 bits per heavy atom. The Morgan fingerprint density at radius 3 is 2.35 bits per heavy atom. The number of nitrogens with zero attached hydrogens (tertiary/aromatic N) is 1. The maximum Gasteiger partial charge on any atom is 0.308 e. The van der Waals surface area contributed by atoms with E-state index in [9.17, 15) is 9.59 Å². The van der Waals surface area contributed by atoms with Gasteiger partial charge < -0.3 is 10.0 Å². The molecule has 0 aliphatic carbocycles. The number of carboxylic acids is 1. The Morgan fingerprint density at radius 2 is 1.85 bits per heavy atom. The highest BCUT2D eigenvalue weighted by Gasteiger charge is 2.15. The van der Waals surface area contributed by atoms with Crippen LogP contribution in [0.1, 0.15) is 12.5 Å². The third-order valence-electron chi connectivity index (χ3n) is 2.65. The van der Waals surface area contributed by atoms with Crippen molar-refractivity contribution in [3.63, 3.8) is 0 Å². The summed E-state index contributed by atoms with van der Waals surface area (Å²) >= 11 is 11.7. The van der Waals surface area contributed by atoms with E-state index in [1.54, 1.807) is 38.2 Å². The zero-order valence-corrected chi connectivity index (χ0v) is 12.6. The summed E-state index contributed by atoms with van der Waals surface area (Å²) in [5.41, 5.74) is 0.704. The molecule has 1 aromatic carbocycles. The van der Waals surface area contributed by atoms with Gasteiger partial charge in [0.05, 0.1) is 5.92 Å². The summed E-state index contributed by atoms with van der Waals surface area (Å²) in [5, 5.41) is 9.76. The van der Waals surface area contributed by atoms with Crippen LogP contribution in [0.4, 0.5) is 0 Å². The van der Waals surface area contributed by atoms with Gasteiger partial charge in [-0.1, -0.05) is 30.1 Å². The quantitative estimate of drug-likeness (QED) is 0.849. The number of aliphatic carboxylic acids is 1. The Balaban J connectivity index is 2.69. The van der Waals surface area contributed by atoms with Crippen LogP contribution >= 0.6 is 23.2 Å². The van der Waals surface area contributed by atoms with Crippen LogP contribution in [-0.4, -0.2) is 35.5 Å². The molecule has 1 unspecified atom stereocenters. The number of hydrogen-bond donors (Lipinski definition) is 1. The molecule has 0 radical (unpaired) electrons. The topological polar surface area (TPSA) is 57.6 Å². The van der Waals surface area contributed by atoms with Gasteiger partial charge >= 0.3 is 5.97 Å². The number of amides is 1. The fourth-order valence-corrected chi connectivity index (χ4v) is 2.09. The minimum absolute atomic E-state index is 0.148.